The first-order chi connectivity index (χ1) is 16.3. The molecule has 1 N–H and O–H groups in total. The second-order valence-electron chi connectivity index (χ2n) is 9.16. The maximum Gasteiger partial charge on any atom is 0.243 e. The van der Waals surface area contributed by atoms with Gasteiger partial charge in [0.2, 0.25) is 11.8 Å². The molecule has 0 fully saturated rings. The monoisotopic (exact) mass is 520 g/mol. The van der Waals surface area contributed by atoms with Crippen molar-refractivity contribution in [3.8, 4) is 0 Å². The second-order valence-corrected chi connectivity index (χ2v) is 10.1. The zero-order valence-corrected chi connectivity index (χ0v) is 21.7. The molecule has 3 aromatic rings. The molecule has 0 bridgehead atoms. The topological polar surface area (TPSA) is 49.4 Å². The summed E-state index contributed by atoms with van der Waals surface area (Å²) in [5.74, 6) is 0.142. The molecule has 0 saturated heterocycles. The highest BCUT2D eigenvalue weighted by Gasteiger charge is 2.30. The van der Waals surface area contributed by atoms with Crippen LogP contribution in [0.5, 0.6) is 0 Å². The van der Waals surface area contributed by atoms with E-state index >= 15 is 0 Å². The second kappa shape index (κ2) is 12.5. The van der Waals surface area contributed by atoms with Gasteiger partial charge < -0.3 is 10.2 Å². The molecule has 2 amide bonds. The van der Waals surface area contributed by atoms with E-state index in [2.05, 4.69) is 35.1 Å². The lowest BCUT2D eigenvalue weighted by molar-refractivity contribution is -0.140. The average molecular weight is 521 g/mol. The number of hydrogen-bond donors (Lipinski definition) is 1. The Labute approximate surface area is 211 Å². The predicted molar refractivity (Wildman–Crippen MR) is 141 cm³/mol. The van der Waals surface area contributed by atoms with Gasteiger partial charge >= 0.3 is 0 Å². The van der Waals surface area contributed by atoms with Crippen LogP contribution in [0.4, 0.5) is 0 Å². The Hall–Kier alpha value is -2.92. The van der Waals surface area contributed by atoms with Gasteiger partial charge in [0.25, 0.3) is 0 Å². The van der Waals surface area contributed by atoms with E-state index in [-0.39, 0.29) is 18.2 Å². The lowest BCUT2D eigenvalue weighted by Crippen LogP contribution is -2.51. The van der Waals surface area contributed by atoms with E-state index in [9.17, 15) is 9.59 Å². The van der Waals surface area contributed by atoms with Crippen LogP contribution in [0.1, 0.15) is 36.1 Å². The summed E-state index contributed by atoms with van der Waals surface area (Å²) in [4.78, 5) is 28.8. The van der Waals surface area contributed by atoms with Crippen LogP contribution in [-0.4, -0.2) is 29.3 Å². The molecule has 3 aromatic carbocycles. The van der Waals surface area contributed by atoms with Crippen molar-refractivity contribution in [3.63, 3.8) is 0 Å². The van der Waals surface area contributed by atoms with Crippen molar-refractivity contribution in [2.75, 3.05) is 6.54 Å². The van der Waals surface area contributed by atoms with Gasteiger partial charge in [0.05, 0.1) is 6.42 Å². The number of hydrogen-bond acceptors (Lipinski definition) is 2. The van der Waals surface area contributed by atoms with E-state index in [1.54, 1.807) is 4.90 Å². The molecule has 0 aliphatic carbocycles. The predicted octanol–water partition coefficient (Wildman–Crippen LogP) is 5.71. The lowest BCUT2D eigenvalue weighted by atomic mass is 10.0. The highest BCUT2D eigenvalue weighted by molar-refractivity contribution is 9.10. The Bertz CT molecular complexity index is 1060. The average Bonchev–Trinajstić information content (AvgIpc) is 2.83. The summed E-state index contributed by atoms with van der Waals surface area (Å²) >= 11 is 3.48. The molecule has 5 heteroatoms. The standard InChI is InChI=1S/C29H33BrN2O2/c1-21(2)19-31-29(34)27(17-23-7-5-4-6-8-23)32(20-25-13-15-26(30)16-14-25)28(33)18-24-11-9-22(3)10-12-24/h4-16,21,27H,17-20H2,1-3H3,(H,31,34). The van der Waals surface area contributed by atoms with Gasteiger partial charge in [-0.2, -0.15) is 0 Å². The molecule has 1 unspecified atom stereocenters. The number of nitrogens with zero attached hydrogens (tertiary/aromatic N) is 1. The summed E-state index contributed by atoms with van der Waals surface area (Å²) in [6.45, 7) is 7.09. The third-order valence-corrected chi connectivity index (χ3v) is 6.23. The SMILES string of the molecule is Cc1ccc(CC(=O)N(Cc2ccc(Br)cc2)C(Cc2ccccc2)C(=O)NCC(C)C)cc1. The maximum atomic E-state index is 13.7. The van der Waals surface area contributed by atoms with Crippen molar-refractivity contribution in [1.82, 2.24) is 10.2 Å². The normalized spacial score (nSPS) is 11.8. The van der Waals surface area contributed by atoms with Gasteiger partial charge in [-0.3, -0.25) is 9.59 Å². The zero-order chi connectivity index (χ0) is 24.5. The van der Waals surface area contributed by atoms with Gasteiger partial charge in [0.1, 0.15) is 6.04 Å². The molecule has 0 aromatic heterocycles. The van der Waals surface area contributed by atoms with Crippen LogP contribution in [0.25, 0.3) is 0 Å². The number of benzene rings is 3. The minimum atomic E-state index is -0.609. The lowest BCUT2D eigenvalue weighted by Gasteiger charge is -2.32. The number of carbonyl (C=O) groups excluding carboxylic acids is 2. The Morgan fingerprint density at radius 1 is 0.853 bits per heavy atom. The van der Waals surface area contributed by atoms with Gasteiger partial charge in [-0.25, -0.2) is 0 Å². The van der Waals surface area contributed by atoms with Crippen LogP contribution in [-0.2, 0) is 29.0 Å². The molecule has 0 aliphatic rings. The summed E-state index contributed by atoms with van der Waals surface area (Å²) in [6, 6.07) is 25.2. The molecule has 178 valence electrons. The summed E-state index contributed by atoms with van der Waals surface area (Å²) in [5, 5.41) is 3.06. The molecular formula is C29H33BrN2O2. The largest absolute Gasteiger partial charge is 0.354 e. The Balaban J connectivity index is 1.93. The Morgan fingerprint density at radius 2 is 1.47 bits per heavy atom. The summed E-state index contributed by atoms with van der Waals surface area (Å²) in [6.07, 6.45) is 0.709. The van der Waals surface area contributed by atoms with Gasteiger partial charge in [-0.15, -0.1) is 0 Å². The third-order valence-electron chi connectivity index (χ3n) is 5.70. The van der Waals surface area contributed by atoms with Crippen LogP contribution in [0.2, 0.25) is 0 Å². The Kier molecular flexibility index (Phi) is 9.46. The zero-order valence-electron chi connectivity index (χ0n) is 20.1. The van der Waals surface area contributed by atoms with Crippen molar-refractivity contribution in [1.29, 1.82) is 0 Å². The van der Waals surface area contributed by atoms with E-state index in [1.165, 1.54) is 0 Å². The van der Waals surface area contributed by atoms with Gasteiger partial charge in [0.15, 0.2) is 0 Å². The van der Waals surface area contributed by atoms with Crippen molar-refractivity contribution in [3.05, 3.63) is 106 Å². The van der Waals surface area contributed by atoms with E-state index < -0.39 is 6.04 Å². The van der Waals surface area contributed by atoms with E-state index in [0.29, 0.717) is 25.4 Å². The van der Waals surface area contributed by atoms with Crippen LogP contribution < -0.4 is 5.32 Å². The smallest absolute Gasteiger partial charge is 0.243 e. The van der Waals surface area contributed by atoms with Crippen LogP contribution >= 0.6 is 15.9 Å². The van der Waals surface area contributed by atoms with E-state index in [4.69, 9.17) is 0 Å². The number of halogens is 1. The van der Waals surface area contributed by atoms with Crippen LogP contribution in [0, 0.1) is 12.8 Å². The molecule has 0 spiro atoms. The van der Waals surface area contributed by atoms with Gasteiger partial charge in [-0.1, -0.05) is 102 Å². The van der Waals surface area contributed by atoms with Crippen molar-refractivity contribution < 1.29 is 9.59 Å². The van der Waals surface area contributed by atoms with E-state index in [1.807, 2.05) is 85.8 Å². The number of rotatable bonds is 10. The molecule has 0 aliphatic heterocycles. The van der Waals surface area contributed by atoms with Crippen LogP contribution in [0.15, 0.2) is 83.3 Å². The van der Waals surface area contributed by atoms with Gasteiger partial charge in [0, 0.05) is 24.0 Å². The van der Waals surface area contributed by atoms with Crippen molar-refractivity contribution in [2.45, 2.75) is 46.2 Å². The Morgan fingerprint density at radius 3 is 2.09 bits per heavy atom. The van der Waals surface area contributed by atoms with Gasteiger partial charge in [-0.05, 0) is 41.7 Å². The first-order valence-corrected chi connectivity index (χ1v) is 12.5. The molecule has 1 atom stereocenters. The minimum absolute atomic E-state index is 0.0626. The fourth-order valence-electron chi connectivity index (χ4n) is 3.75. The van der Waals surface area contributed by atoms with Crippen molar-refractivity contribution >= 4 is 27.7 Å². The minimum Gasteiger partial charge on any atom is -0.354 e. The molecular weight excluding hydrogens is 488 g/mol. The molecule has 0 radical (unpaired) electrons. The highest BCUT2D eigenvalue weighted by Crippen LogP contribution is 2.18. The molecule has 3 rings (SSSR count). The molecule has 4 nitrogen and oxygen atoms in total. The van der Waals surface area contributed by atoms with Crippen LogP contribution in [0.3, 0.4) is 0 Å². The molecule has 0 heterocycles. The molecule has 0 saturated carbocycles. The first-order valence-electron chi connectivity index (χ1n) is 11.7. The van der Waals surface area contributed by atoms with Crippen molar-refractivity contribution in [2.24, 2.45) is 5.92 Å². The number of aryl methyl sites for hydroxylation is 1. The summed E-state index contributed by atoms with van der Waals surface area (Å²) in [5.41, 5.74) is 4.10. The van der Waals surface area contributed by atoms with E-state index in [0.717, 1.165) is 26.7 Å². The first kappa shape index (κ1) is 25.7. The fourth-order valence-corrected chi connectivity index (χ4v) is 4.01. The maximum absolute atomic E-state index is 13.7. The summed E-state index contributed by atoms with van der Waals surface area (Å²) in [7, 11) is 0. The fraction of sp³-hybridized carbons (Fsp3) is 0.310. The highest BCUT2D eigenvalue weighted by atomic mass is 79.9. The number of carbonyl (C=O) groups is 2. The molecule has 34 heavy (non-hydrogen) atoms. The third kappa shape index (κ3) is 7.84. The number of amides is 2. The quantitative estimate of drug-likeness (QED) is 0.372. The number of nitrogens with one attached hydrogen (secondary N) is 1. The summed E-state index contributed by atoms with van der Waals surface area (Å²) < 4.78 is 0.976.